The monoisotopic (exact) mass is 448 g/mol. The molecule has 1 aliphatic rings. The van der Waals surface area contributed by atoms with Gasteiger partial charge in [-0.25, -0.2) is 8.42 Å². The lowest BCUT2D eigenvalue weighted by atomic mass is 10.1. The third kappa shape index (κ3) is 4.02. The van der Waals surface area contributed by atoms with Gasteiger partial charge in [0, 0.05) is 11.7 Å². The quantitative estimate of drug-likeness (QED) is 0.564. The van der Waals surface area contributed by atoms with Gasteiger partial charge >= 0.3 is 0 Å². The van der Waals surface area contributed by atoms with Crippen LogP contribution in [0.25, 0.3) is 0 Å². The molecular weight excluding hydrogens is 420 g/mol. The fraction of sp³-hybridized carbons (Fsp3) is 0.269. The van der Waals surface area contributed by atoms with Crippen molar-refractivity contribution in [2.75, 3.05) is 15.7 Å². The smallest absolute Gasteiger partial charge is 0.264 e. The van der Waals surface area contributed by atoms with E-state index in [1.54, 1.807) is 35.2 Å². The summed E-state index contributed by atoms with van der Waals surface area (Å²) >= 11 is 0. The number of sulfonamides is 1. The maximum Gasteiger partial charge on any atom is 0.264 e. The molecule has 0 spiro atoms. The molecule has 0 fully saturated rings. The fourth-order valence-corrected chi connectivity index (χ4v) is 5.85. The Balaban J connectivity index is 1.76. The van der Waals surface area contributed by atoms with Crippen LogP contribution >= 0.6 is 0 Å². The third-order valence-electron chi connectivity index (χ3n) is 5.98. The number of para-hydroxylation sites is 1. The van der Waals surface area contributed by atoms with Gasteiger partial charge in [0.05, 0.1) is 10.6 Å². The zero-order valence-corrected chi connectivity index (χ0v) is 19.7. The van der Waals surface area contributed by atoms with Crippen LogP contribution in [-0.4, -0.2) is 26.9 Å². The Kier molecular flexibility index (Phi) is 5.82. The molecule has 3 aromatic carbocycles. The van der Waals surface area contributed by atoms with Crippen LogP contribution in [0.3, 0.4) is 0 Å². The van der Waals surface area contributed by atoms with Gasteiger partial charge in [-0.15, -0.1) is 0 Å². The number of amides is 1. The van der Waals surface area contributed by atoms with Crippen molar-refractivity contribution >= 4 is 27.3 Å². The first-order chi connectivity index (χ1) is 15.2. The predicted molar refractivity (Wildman–Crippen MR) is 129 cm³/mol. The van der Waals surface area contributed by atoms with Crippen LogP contribution in [0.2, 0.25) is 0 Å². The van der Waals surface area contributed by atoms with E-state index in [-0.39, 0.29) is 23.4 Å². The van der Waals surface area contributed by atoms with Crippen molar-refractivity contribution in [1.82, 2.24) is 0 Å². The molecule has 5 nitrogen and oxygen atoms in total. The minimum atomic E-state index is -3.94. The van der Waals surface area contributed by atoms with Gasteiger partial charge in [-0.1, -0.05) is 53.6 Å². The summed E-state index contributed by atoms with van der Waals surface area (Å²) in [6.45, 7) is 7.47. The molecule has 1 amide bonds. The lowest BCUT2D eigenvalue weighted by molar-refractivity contribution is -0.117. The van der Waals surface area contributed by atoms with E-state index in [1.807, 2.05) is 64.1 Å². The van der Waals surface area contributed by atoms with Gasteiger partial charge in [0.15, 0.2) is 0 Å². The molecule has 6 heteroatoms. The average molecular weight is 449 g/mol. The number of hydrogen-bond acceptors (Lipinski definition) is 3. The third-order valence-corrected chi connectivity index (χ3v) is 7.76. The summed E-state index contributed by atoms with van der Waals surface area (Å²) in [5.74, 6) is -0.238. The Hall–Kier alpha value is -3.12. The lowest BCUT2D eigenvalue weighted by Crippen LogP contribution is -2.45. The second-order valence-electron chi connectivity index (χ2n) is 8.56. The van der Waals surface area contributed by atoms with Gasteiger partial charge in [-0.05, 0) is 69.5 Å². The summed E-state index contributed by atoms with van der Waals surface area (Å²) in [4.78, 5) is 15.4. The van der Waals surface area contributed by atoms with Gasteiger partial charge in [0.25, 0.3) is 10.0 Å². The first-order valence-electron chi connectivity index (χ1n) is 10.7. The number of aryl methyl sites for hydroxylation is 3. The standard InChI is InChI=1S/C26H28N2O3S/c1-18-9-12-23(13-10-18)32(30,31)27(24-14-11-19(2)15-20(24)3)17-26(29)28-21(4)16-22-7-5-6-8-25(22)28/h5-15,21H,16-17H2,1-4H3. The van der Waals surface area contributed by atoms with Crippen molar-refractivity contribution in [2.24, 2.45) is 0 Å². The largest absolute Gasteiger partial charge is 0.307 e. The van der Waals surface area contributed by atoms with E-state index in [9.17, 15) is 13.2 Å². The van der Waals surface area contributed by atoms with E-state index in [0.717, 1.165) is 34.4 Å². The van der Waals surface area contributed by atoms with Gasteiger partial charge in [-0.3, -0.25) is 9.10 Å². The van der Waals surface area contributed by atoms with Crippen molar-refractivity contribution < 1.29 is 13.2 Å². The van der Waals surface area contributed by atoms with E-state index in [1.165, 1.54) is 4.31 Å². The van der Waals surface area contributed by atoms with Crippen molar-refractivity contribution in [1.29, 1.82) is 0 Å². The first-order valence-corrected chi connectivity index (χ1v) is 12.2. The molecule has 0 saturated carbocycles. The Bertz CT molecular complexity index is 1270. The summed E-state index contributed by atoms with van der Waals surface area (Å²) < 4.78 is 28.7. The molecule has 32 heavy (non-hydrogen) atoms. The highest BCUT2D eigenvalue weighted by atomic mass is 32.2. The van der Waals surface area contributed by atoms with E-state index >= 15 is 0 Å². The number of fused-ring (bicyclic) bond motifs is 1. The molecule has 3 aromatic rings. The van der Waals surface area contributed by atoms with E-state index in [2.05, 4.69) is 0 Å². The van der Waals surface area contributed by atoms with Crippen LogP contribution < -0.4 is 9.21 Å². The zero-order valence-electron chi connectivity index (χ0n) is 18.9. The molecule has 4 rings (SSSR count). The number of benzene rings is 3. The van der Waals surface area contributed by atoms with Crippen LogP contribution in [-0.2, 0) is 21.2 Å². The van der Waals surface area contributed by atoms with Gasteiger partial charge < -0.3 is 4.90 Å². The lowest BCUT2D eigenvalue weighted by Gasteiger charge is -2.30. The van der Waals surface area contributed by atoms with Crippen molar-refractivity contribution in [3.8, 4) is 0 Å². The molecular formula is C26H28N2O3S. The second kappa shape index (κ2) is 8.43. The van der Waals surface area contributed by atoms with Crippen molar-refractivity contribution in [3.05, 3.63) is 89.0 Å². The van der Waals surface area contributed by atoms with Crippen LogP contribution in [0.5, 0.6) is 0 Å². The molecule has 0 aliphatic carbocycles. The minimum Gasteiger partial charge on any atom is -0.307 e. The Labute approximate surface area is 190 Å². The summed E-state index contributed by atoms with van der Waals surface area (Å²) in [5.41, 5.74) is 5.30. The average Bonchev–Trinajstić information content (AvgIpc) is 3.08. The normalized spacial score (nSPS) is 15.5. The highest BCUT2D eigenvalue weighted by Gasteiger charge is 2.35. The summed E-state index contributed by atoms with van der Waals surface area (Å²) in [6, 6.07) is 20.1. The van der Waals surface area contributed by atoms with Gasteiger partial charge in [0.1, 0.15) is 6.54 Å². The van der Waals surface area contributed by atoms with E-state index in [0.29, 0.717) is 5.69 Å². The van der Waals surface area contributed by atoms with Crippen LogP contribution in [0.4, 0.5) is 11.4 Å². The summed E-state index contributed by atoms with van der Waals surface area (Å²) in [7, 11) is -3.94. The Morgan fingerprint density at radius 3 is 2.31 bits per heavy atom. The molecule has 1 heterocycles. The number of hydrogen-bond donors (Lipinski definition) is 0. The van der Waals surface area contributed by atoms with Crippen LogP contribution in [0, 0.1) is 20.8 Å². The van der Waals surface area contributed by atoms with Crippen molar-refractivity contribution in [2.45, 2.75) is 45.1 Å². The first kappa shape index (κ1) is 22.1. The van der Waals surface area contributed by atoms with Crippen molar-refractivity contribution in [3.63, 3.8) is 0 Å². The Morgan fingerprint density at radius 1 is 0.969 bits per heavy atom. The van der Waals surface area contributed by atoms with E-state index in [4.69, 9.17) is 0 Å². The topological polar surface area (TPSA) is 57.7 Å². The highest BCUT2D eigenvalue weighted by molar-refractivity contribution is 7.92. The summed E-state index contributed by atoms with van der Waals surface area (Å²) in [5, 5.41) is 0. The Morgan fingerprint density at radius 2 is 1.62 bits per heavy atom. The maximum atomic E-state index is 13.7. The molecule has 0 N–H and O–H groups in total. The number of carbonyl (C=O) groups excluding carboxylic acids is 1. The molecule has 1 aliphatic heterocycles. The predicted octanol–water partition coefficient (Wildman–Crippen LogP) is 4.78. The van der Waals surface area contributed by atoms with Crippen LogP contribution in [0.15, 0.2) is 71.6 Å². The number of carbonyl (C=O) groups is 1. The number of nitrogens with zero attached hydrogens (tertiary/aromatic N) is 2. The fourth-order valence-electron chi connectivity index (χ4n) is 4.37. The number of rotatable bonds is 5. The molecule has 0 bridgehead atoms. The van der Waals surface area contributed by atoms with E-state index < -0.39 is 10.0 Å². The number of anilines is 2. The highest BCUT2D eigenvalue weighted by Crippen LogP contribution is 2.33. The summed E-state index contributed by atoms with van der Waals surface area (Å²) in [6.07, 6.45) is 0.760. The van der Waals surface area contributed by atoms with Gasteiger partial charge in [-0.2, -0.15) is 0 Å². The zero-order chi connectivity index (χ0) is 23.0. The SMILES string of the molecule is Cc1ccc(S(=O)(=O)N(CC(=O)N2c3ccccc3CC2C)c2ccc(C)cc2C)cc1. The molecule has 0 radical (unpaired) electrons. The molecule has 0 saturated heterocycles. The maximum absolute atomic E-state index is 13.7. The van der Waals surface area contributed by atoms with Crippen LogP contribution in [0.1, 0.15) is 29.2 Å². The van der Waals surface area contributed by atoms with Gasteiger partial charge in [0.2, 0.25) is 5.91 Å². The minimum absolute atomic E-state index is 0.0251. The molecule has 166 valence electrons. The second-order valence-corrected chi connectivity index (χ2v) is 10.4. The molecule has 0 aromatic heterocycles. The molecule has 1 unspecified atom stereocenters. The molecule has 1 atom stereocenters.